The number of nitrogens with one attached hydrogen (secondary N) is 1. The van der Waals surface area contributed by atoms with Crippen LogP contribution < -0.4 is 5.32 Å². The van der Waals surface area contributed by atoms with Crippen LogP contribution in [0.1, 0.15) is 32.6 Å². The Morgan fingerprint density at radius 2 is 2.27 bits per heavy atom. The zero-order valence-electron chi connectivity index (χ0n) is 9.50. The minimum Gasteiger partial charge on any atom is -0.372 e. The summed E-state index contributed by atoms with van der Waals surface area (Å²) in [6, 6.07) is 0. The summed E-state index contributed by atoms with van der Waals surface area (Å²) in [4.78, 5) is 11.3. The third-order valence-corrected chi connectivity index (χ3v) is 3.88. The molecule has 2 aliphatic carbocycles. The molecule has 2 aliphatic rings. The van der Waals surface area contributed by atoms with Crippen molar-refractivity contribution in [1.29, 1.82) is 0 Å². The largest absolute Gasteiger partial charge is 0.372 e. The molecule has 0 heterocycles. The molecule has 2 fully saturated rings. The van der Waals surface area contributed by atoms with Gasteiger partial charge in [-0.25, -0.2) is 0 Å². The zero-order chi connectivity index (χ0) is 10.7. The van der Waals surface area contributed by atoms with E-state index in [1.807, 2.05) is 6.92 Å². The molecule has 86 valence electrons. The van der Waals surface area contributed by atoms with Gasteiger partial charge in [-0.2, -0.15) is 0 Å². The van der Waals surface area contributed by atoms with Crippen molar-refractivity contribution in [2.45, 2.75) is 32.6 Å². The highest BCUT2D eigenvalue weighted by atomic mass is 16.5. The van der Waals surface area contributed by atoms with Gasteiger partial charge in [-0.3, -0.25) is 4.79 Å². The quantitative estimate of drug-likeness (QED) is 0.749. The maximum atomic E-state index is 11.3. The van der Waals surface area contributed by atoms with Crippen LogP contribution in [0, 0.1) is 17.8 Å². The lowest BCUT2D eigenvalue weighted by Crippen LogP contribution is -2.34. The Kier molecular flexibility index (Phi) is 3.62. The van der Waals surface area contributed by atoms with E-state index in [0.29, 0.717) is 6.61 Å². The fraction of sp³-hybridized carbons (Fsp3) is 0.917. The van der Waals surface area contributed by atoms with E-state index in [1.54, 1.807) is 0 Å². The molecule has 3 nitrogen and oxygen atoms in total. The normalized spacial score (nSPS) is 33.3. The molecule has 0 aromatic heterocycles. The van der Waals surface area contributed by atoms with E-state index >= 15 is 0 Å². The molecule has 15 heavy (non-hydrogen) atoms. The summed E-state index contributed by atoms with van der Waals surface area (Å²) in [6.07, 6.45) is 5.55. The molecule has 0 spiro atoms. The molecule has 3 heteroatoms. The molecule has 0 radical (unpaired) electrons. The molecule has 0 aromatic rings. The molecule has 3 unspecified atom stereocenters. The average Bonchev–Trinajstić information content (AvgIpc) is 2.84. The van der Waals surface area contributed by atoms with Gasteiger partial charge in [0.25, 0.3) is 0 Å². The Labute approximate surface area is 91.6 Å². The molecular formula is C12H21NO2. The number of ether oxygens (including phenoxy) is 1. The molecule has 2 saturated carbocycles. The number of hydrogen-bond donors (Lipinski definition) is 1. The van der Waals surface area contributed by atoms with Gasteiger partial charge in [0.1, 0.15) is 6.61 Å². The first-order valence-corrected chi connectivity index (χ1v) is 6.14. The Morgan fingerprint density at radius 3 is 2.87 bits per heavy atom. The van der Waals surface area contributed by atoms with E-state index < -0.39 is 0 Å². The van der Waals surface area contributed by atoms with Crippen LogP contribution in [0.25, 0.3) is 0 Å². The second-order valence-corrected chi connectivity index (χ2v) is 4.88. The summed E-state index contributed by atoms with van der Waals surface area (Å²) < 4.78 is 5.06. The lowest BCUT2D eigenvalue weighted by molar-refractivity contribution is -0.125. The van der Waals surface area contributed by atoms with Gasteiger partial charge in [-0.1, -0.05) is 6.42 Å². The Morgan fingerprint density at radius 1 is 1.40 bits per heavy atom. The van der Waals surface area contributed by atoms with Gasteiger partial charge in [-0.05, 0) is 43.9 Å². The van der Waals surface area contributed by atoms with Crippen LogP contribution in [0.5, 0.6) is 0 Å². The van der Waals surface area contributed by atoms with Crippen molar-refractivity contribution < 1.29 is 9.53 Å². The molecule has 0 aromatic carbocycles. The minimum atomic E-state index is 0.0413. The van der Waals surface area contributed by atoms with E-state index in [9.17, 15) is 4.79 Å². The molecule has 2 rings (SSSR count). The van der Waals surface area contributed by atoms with Gasteiger partial charge in [0.05, 0.1) is 0 Å². The summed E-state index contributed by atoms with van der Waals surface area (Å²) in [7, 11) is 0. The van der Waals surface area contributed by atoms with Crippen LogP contribution in [0.2, 0.25) is 0 Å². The first kappa shape index (κ1) is 10.9. The number of carbonyl (C=O) groups excluding carboxylic acids is 1. The van der Waals surface area contributed by atoms with Crippen LogP contribution in [-0.4, -0.2) is 25.7 Å². The van der Waals surface area contributed by atoms with Crippen LogP contribution in [-0.2, 0) is 9.53 Å². The molecule has 3 atom stereocenters. The Balaban J connectivity index is 1.64. The van der Waals surface area contributed by atoms with E-state index in [4.69, 9.17) is 4.74 Å². The van der Waals surface area contributed by atoms with Gasteiger partial charge in [0, 0.05) is 13.2 Å². The predicted octanol–water partition coefficient (Wildman–Crippen LogP) is 1.58. The highest BCUT2D eigenvalue weighted by molar-refractivity contribution is 5.77. The first-order valence-electron chi connectivity index (χ1n) is 6.14. The number of carbonyl (C=O) groups is 1. The highest BCUT2D eigenvalue weighted by Gasteiger charge is 2.39. The molecular weight excluding hydrogens is 190 g/mol. The second-order valence-electron chi connectivity index (χ2n) is 4.88. The lowest BCUT2D eigenvalue weighted by Gasteiger charge is -2.21. The molecule has 0 aliphatic heterocycles. The Bertz CT molecular complexity index is 230. The SMILES string of the molecule is CCOCC(=O)NCC1CC2CCC1C2. The molecule has 2 bridgehead atoms. The van der Waals surface area contributed by atoms with Crippen molar-refractivity contribution in [2.24, 2.45) is 17.8 Å². The minimum absolute atomic E-state index is 0.0413. The van der Waals surface area contributed by atoms with E-state index in [1.165, 1.54) is 25.7 Å². The topological polar surface area (TPSA) is 38.3 Å². The summed E-state index contributed by atoms with van der Waals surface area (Å²) >= 11 is 0. The molecule has 1 amide bonds. The average molecular weight is 211 g/mol. The summed E-state index contributed by atoms with van der Waals surface area (Å²) in [5.74, 6) is 2.64. The van der Waals surface area contributed by atoms with E-state index in [2.05, 4.69) is 5.32 Å². The van der Waals surface area contributed by atoms with Gasteiger partial charge >= 0.3 is 0 Å². The summed E-state index contributed by atoms with van der Waals surface area (Å²) in [5.41, 5.74) is 0. The predicted molar refractivity (Wildman–Crippen MR) is 58.4 cm³/mol. The van der Waals surface area contributed by atoms with Crippen LogP contribution in [0.4, 0.5) is 0 Å². The van der Waals surface area contributed by atoms with E-state index in [-0.39, 0.29) is 12.5 Å². The number of amides is 1. The first-order chi connectivity index (χ1) is 7.29. The maximum absolute atomic E-state index is 11.3. The smallest absolute Gasteiger partial charge is 0.246 e. The monoisotopic (exact) mass is 211 g/mol. The third-order valence-electron chi connectivity index (χ3n) is 3.88. The van der Waals surface area contributed by atoms with Crippen molar-refractivity contribution in [1.82, 2.24) is 5.32 Å². The zero-order valence-corrected chi connectivity index (χ0v) is 9.50. The van der Waals surface area contributed by atoms with Crippen molar-refractivity contribution in [3.8, 4) is 0 Å². The molecule has 1 N–H and O–H groups in total. The fourth-order valence-corrected chi connectivity index (χ4v) is 3.12. The van der Waals surface area contributed by atoms with Gasteiger partial charge in [0.15, 0.2) is 0 Å². The van der Waals surface area contributed by atoms with Crippen molar-refractivity contribution in [3.05, 3.63) is 0 Å². The third kappa shape index (κ3) is 2.71. The molecule has 0 saturated heterocycles. The maximum Gasteiger partial charge on any atom is 0.246 e. The number of hydrogen-bond acceptors (Lipinski definition) is 2. The summed E-state index contributed by atoms with van der Waals surface area (Å²) in [5, 5.41) is 2.98. The Hall–Kier alpha value is -0.570. The number of fused-ring (bicyclic) bond motifs is 2. The van der Waals surface area contributed by atoms with Gasteiger partial charge in [-0.15, -0.1) is 0 Å². The number of rotatable bonds is 5. The van der Waals surface area contributed by atoms with Crippen molar-refractivity contribution in [2.75, 3.05) is 19.8 Å². The van der Waals surface area contributed by atoms with Crippen LogP contribution >= 0.6 is 0 Å². The van der Waals surface area contributed by atoms with Crippen molar-refractivity contribution in [3.63, 3.8) is 0 Å². The van der Waals surface area contributed by atoms with Crippen molar-refractivity contribution >= 4 is 5.91 Å². The second kappa shape index (κ2) is 4.97. The lowest BCUT2D eigenvalue weighted by atomic mass is 9.89. The van der Waals surface area contributed by atoms with Gasteiger partial charge in [0.2, 0.25) is 5.91 Å². The van der Waals surface area contributed by atoms with E-state index in [0.717, 1.165) is 24.3 Å². The fourth-order valence-electron chi connectivity index (χ4n) is 3.12. The van der Waals surface area contributed by atoms with Gasteiger partial charge < -0.3 is 10.1 Å². The standard InChI is InChI=1S/C12H21NO2/c1-2-15-8-12(14)13-7-11-6-9-3-4-10(11)5-9/h9-11H,2-8H2,1H3,(H,13,14). The van der Waals surface area contributed by atoms with Crippen LogP contribution in [0.3, 0.4) is 0 Å². The summed E-state index contributed by atoms with van der Waals surface area (Å²) in [6.45, 7) is 3.61. The highest BCUT2D eigenvalue weighted by Crippen LogP contribution is 2.47. The van der Waals surface area contributed by atoms with Crippen LogP contribution in [0.15, 0.2) is 0 Å².